The van der Waals surface area contributed by atoms with Crippen molar-refractivity contribution in [3.8, 4) is 0 Å². The molecule has 0 aliphatic heterocycles. The van der Waals surface area contributed by atoms with Crippen molar-refractivity contribution in [2.75, 3.05) is 17.6 Å². The van der Waals surface area contributed by atoms with E-state index >= 15 is 0 Å². The van der Waals surface area contributed by atoms with Gasteiger partial charge >= 0.3 is 0 Å². The highest BCUT2D eigenvalue weighted by molar-refractivity contribution is 7.99. The molecule has 1 rings (SSSR count). The minimum absolute atomic E-state index is 0.363. The van der Waals surface area contributed by atoms with Gasteiger partial charge in [0.25, 0.3) is 0 Å². The number of aromatic nitrogens is 2. The fraction of sp³-hybridized carbons (Fsp3) is 0.750. The van der Waals surface area contributed by atoms with Gasteiger partial charge in [-0.05, 0) is 31.4 Å². The van der Waals surface area contributed by atoms with E-state index in [4.69, 9.17) is 4.98 Å². The first-order valence-electron chi connectivity index (χ1n) is 7.70. The normalized spacial score (nSPS) is 11.4. The summed E-state index contributed by atoms with van der Waals surface area (Å²) in [5.41, 5.74) is 1.19. The summed E-state index contributed by atoms with van der Waals surface area (Å²) in [6, 6.07) is 0. The van der Waals surface area contributed by atoms with Gasteiger partial charge in [-0.25, -0.2) is 9.97 Å². The molecule has 0 saturated carbocycles. The molecule has 0 amide bonds. The van der Waals surface area contributed by atoms with E-state index in [9.17, 15) is 0 Å². The van der Waals surface area contributed by atoms with Crippen molar-refractivity contribution in [3.05, 3.63) is 11.4 Å². The van der Waals surface area contributed by atoms with Crippen LogP contribution < -0.4 is 5.32 Å². The zero-order chi connectivity index (χ0) is 15.1. The van der Waals surface area contributed by atoms with E-state index in [1.165, 1.54) is 12.0 Å². The second kappa shape index (κ2) is 8.50. The predicted octanol–water partition coefficient (Wildman–Crippen LogP) is 4.87. The molecule has 1 aromatic rings. The molecule has 0 atom stereocenters. The molecular formula is C16H29N3S. The highest BCUT2D eigenvalue weighted by atomic mass is 32.2. The van der Waals surface area contributed by atoms with E-state index in [1.807, 2.05) is 11.8 Å². The Morgan fingerprint density at radius 1 is 1.15 bits per heavy atom. The summed E-state index contributed by atoms with van der Waals surface area (Å²) in [7, 11) is 0. The molecule has 0 aliphatic rings. The Bertz CT molecular complexity index is 416. The number of anilines is 1. The van der Waals surface area contributed by atoms with Gasteiger partial charge in [-0.15, -0.1) is 11.8 Å². The van der Waals surface area contributed by atoms with Crippen molar-refractivity contribution in [1.82, 2.24) is 9.97 Å². The number of nitrogens with one attached hydrogen (secondary N) is 1. The van der Waals surface area contributed by atoms with Crippen molar-refractivity contribution in [2.45, 2.75) is 65.3 Å². The van der Waals surface area contributed by atoms with Gasteiger partial charge in [0.2, 0.25) is 0 Å². The molecule has 0 fully saturated rings. The lowest BCUT2D eigenvalue weighted by Gasteiger charge is -2.15. The third-order valence-electron chi connectivity index (χ3n) is 3.11. The van der Waals surface area contributed by atoms with E-state index < -0.39 is 0 Å². The molecular weight excluding hydrogens is 266 g/mol. The van der Waals surface area contributed by atoms with Crippen molar-refractivity contribution >= 4 is 17.6 Å². The number of hydrogen-bond donors (Lipinski definition) is 1. The minimum Gasteiger partial charge on any atom is -0.370 e. The molecule has 1 N–H and O–H groups in total. The molecule has 114 valence electrons. The van der Waals surface area contributed by atoms with Crippen molar-refractivity contribution < 1.29 is 0 Å². The molecule has 0 bridgehead atoms. The van der Waals surface area contributed by atoms with Crippen LogP contribution in [-0.4, -0.2) is 22.3 Å². The molecule has 0 unspecified atom stereocenters. The lowest BCUT2D eigenvalue weighted by atomic mass is 10.2. The second-order valence-corrected chi connectivity index (χ2v) is 7.06. The van der Waals surface area contributed by atoms with Crippen LogP contribution in [0.3, 0.4) is 0 Å². The number of hydrogen-bond acceptors (Lipinski definition) is 4. The van der Waals surface area contributed by atoms with Gasteiger partial charge in [0.1, 0.15) is 16.7 Å². The SMILES string of the molecule is CCCNc1nc(C(C)C)nc(SCCC(C)C)c1C. The van der Waals surface area contributed by atoms with E-state index in [2.05, 4.69) is 51.8 Å². The number of rotatable bonds is 8. The van der Waals surface area contributed by atoms with Gasteiger partial charge in [-0.3, -0.25) is 0 Å². The summed E-state index contributed by atoms with van der Waals surface area (Å²) in [5, 5.41) is 4.57. The van der Waals surface area contributed by atoms with Crippen LogP contribution in [0.5, 0.6) is 0 Å². The zero-order valence-corrected chi connectivity index (χ0v) is 14.6. The Labute approximate surface area is 128 Å². The van der Waals surface area contributed by atoms with Gasteiger partial charge in [0, 0.05) is 18.0 Å². The van der Waals surface area contributed by atoms with E-state index in [0.717, 1.165) is 41.3 Å². The first-order chi connectivity index (χ1) is 9.45. The summed E-state index contributed by atoms with van der Waals surface area (Å²) in [6.45, 7) is 14.1. The standard InChI is InChI=1S/C16H29N3S/c1-7-9-17-15-13(6)16(20-10-8-11(2)3)19-14(18-15)12(4)5/h11-12H,7-10H2,1-6H3,(H,17,18,19). The summed E-state index contributed by atoms with van der Waals surface area (Å²) >= 11 is 1.86. The smallest absolute Gasteiger partial charge is 0.134 e. The van der Waals surface area contributed by atoms with Gasteiger partial charge < -0.3 is 5.32 Å². The summed E-state index contributed by atoms with van der Waals surface area (Å²) in [6.07, 6.45) is 2.33. The minimum atomic E-state index is 0.363. The molecule has 4 heteroatoms. The van der Waals surface area contributed by atoms with Crippen molar-refractivity contribution in [2.24, 2.45) is 5.92 Å². The van der Waals surface area contributed by atoms with Crippen LogP contribution in [-0.2, 0) is 0 Å². The second-order valence-electron chi connectivity index (χ2n) is 5.97. The number of thioether (sulfide) groups is 1. The third-order valence-corrected chi connectivity index (χ3v) is 4.22. The van der Waals surface area contributed by atoms with Crippen LogP contribution in [0.1, 0.15) is 64.8 Å². The quantitative estimate of drug-likeness (QED) is 0.548. The van der Waals surface area contributed by atoms with Crippen LogP contribution in [0.2, 0.25) is 0 Å². The predicted molar refractivity (Wildman–Crippen MR) is 89.8 cm³/mol. The maximum Gasteiger partial charge on any atom is 0.134 e. The first-order valence-corrected chi connectivity index (χ1v) is 8.69. The largest absolute Gasteiger partial charge is 0.370 e. The van der Waals surface area contributed by atoms with Crippen LogP contribution in [0.15, 0.2) is 5.03 Å². The molecule has 1 heterocycles. The molecule has 0 aromatic carbocycles. The van der Waals surface area contributed by atoms with Crippen molar-refractivity contribution in [3.63, 3.8) is 0 Å². The summed E-state index contributed by atoms with van der Waals surface area (Å²) in [5.74, 6) is 4.19. The maximum absolute atomic E-state index is 4.75. The number of nitrogens with zero attached hydrogens (tertiary/aromatic N) is 2. The van der Waals surface area contributed by atoms with Crippen LogP contribution in [0.25, 0.3) is 0 Å². The summed E-state index contributed by atoms with van der Waals surface area (Å²) in [4.78, 5) is 9.43. The molecule has 1 aromatic heterocycles. The van der Waals surface area contributed by atoms with Crippen molar-refractivity contribution in [1.29, 1.82) is 0 Å². The Hall–Kier alpha value is -0.770. The lowest BCUT2D eigenvalue weighted by Crippen LogP contribution is -2.09. The summed E-state index contributed by atoms with van der Waals surface area (Å²) < 4.78 is 0. The molecule has 0 radical (unpaired) electrons. The highest BCUT2D eigenvalue weighted by Crippen LogP contribution is 2.28. The van der Waals surface area contributed by atoms with Gasteiger partial charge in [0.05, 0.1) is 0 Å². The molecule has 0 aliphatic carbocycles. The third kappa shape index (κ3) is 5.31. The Balaban J connectivity index is 2.92. The van der Waals surface area contributed by atoms with Crippen LogP contribution in [0, 0.1) is 12.8 Å². The molecule has 20 heavy (non-hydrogen) atoms. The Morgan fingerprint density at radius 3 is 2.40 bits per heavy atom. The van der Waals surface area contributed by atoms with Gasteiger partial charge in [-0.1, -0.05) is 34.6 Å². The molecule has 0 saturated heterocycles. The van der Waals surface area contributed by atoms with Gasteiger partial charge in [0.15, 0.2) is 0 Å². The fourth-order valence-corrected chi connectivity index (χ4v) is 2.97. The van der Waals surface area contributed by atoms with Crippen LogP contribution in [0.4, 0.5) is 5.82 Å². The topological polar surface area (TPSA) is 37.8 Å². The zero-order valence-electron chi connectivity index (χ0n) is 13.8. The average Bonchev–Trinajstić information content (AvgIpc) is 2.38. The molecule has 0 spiro atoms. The van der Waals surface area contributed by atoms with E-state index in [1.54, 1.807) is 0 Å². The lowest BCUT2D eigenvalue weighted by molar-refractivity contribution is 0.631. The van der Waals surface area contributed by atoms with Crippen LogP contribution >= 0.6 is 11.8 Å². The van der Waals surface area contributed by atoms with E-state index in [0.29, 0.717) is 5.92 Å². The fourth-order valence-electron chi connectivity index (χ4n) is 1.72. The van der Waals surface area contributed by atoms with Gasteiger partial charge in [-0.2, -0.15) is 0 Å². The molecule has 3 nitrogen and oxygen atoms in total. The average molecular weight is 295 g/mol. The maximum atomic E-state index is 4.75. The Morgan fingerprint density at radius 2 is 1.85 bits per heavy atom. The highest BCUT2D eigenvalue weighted by Gasteiger charge is 2.13. The monoisotopic (exact) mass is 295 g/mol. The first kappa shape index (κ1) is 17.3. The van der Waals surface area contributed by atoms with E-state index in [-0.39, 0.29) is 0 Å². The Kier molecular flexibility index (Phi) is 7.35.